The molecule has 0 spiro atoms. The molecule has 2 heterocycles. The lowest BCUT2D eigenvalue weighted by molar-refractivity contribution is 0.333. The van der Waals surface area contributed by atoms with E-state index in [4.69, 9.17) is 10.3 Å². The molecule has 1 atom stereocenters. The summed E-state index contributed by atoms with van der Waals surface area (Å²) in [6.45, 7) is 3.92. The summed E-state index contributed by atoms with van der Waals surface area (Å²) in [7, 11) is -3.13. The third kappa shape index (κ3) is 2.34. The molecule has 0 radical (unpaired) electrons. The van der Waals surface area contributed by atoms with Crippen LogP contribution in [0.25, 0.3) is 11.4 Å². The van der Waals surface area contributed by atoms with Gasteiger partial charge in [0.25, 0.3) is 0 Å². The number of sulfone groups is 1. The Morgan fingerprint density at radius 3 is 2.55 bits per heavy atom. The number of rotatable bonds is 3. The summed E-state index contributed by atoms with van der Waals surface area (Å²) in [5.74, 6) is 0.762. The highest BCUT2D eigenvalue weighted by atomic mass is 32.2. The molecule has 0 bridgehead atoms. The second kappa shape index (κ2) is 5.17. The van der Waals surface area contributed by atoms with E-state index in [2.05, 4.69) is 10.1 Å². The fraction of sp³-hybridized carbons (Fsp3) is 0.467. The molecular weight excluding hydrogens is 302 g/mol. The molecule has 1 unspecified atom stereocenters. The smallest absolute Gasteiger partial charge is 0.231 e. The van der Waals surface area contributed by atoms with E-state index >= 15 is 0 Å². The number of hydrogen-bond donors (Lipinski definition) is 1. The SMILES string of the molecule is CC1(C)C(c2nc(-c3ccc(CN)cc3)no2)CCS1(=O)=O. The average molecular weight is 321 g/mol. The van der Waals surface area contributed by atoms with Gasteiger partial charge in [-0.2, -0.15) is 4.98 Å². The Morgan fingerprint density at radius 1 is 1.32 bits per heavy atom. The lowest BCUT2D eigenvalue weighted by Gasteiger charge is -2.22. The van der Waals surface area contributed by atoms with Gasteiger partial charge in [-0.15, -0.1) is 0 Å². The van der Waals surface area contributed by atoms with Crippen molar-refractivity contribution in [2.24, 2.45) is 5.73 Å². The quantitative estimate of drug-likeness (QED) is 0.926. The third-order valence-corrected chi connectivity index (χ3v) is 7.16. The molecular formula is C15H19N3O3S. The number of benzene rings is 1. The van der Waals surface area contributed by atoms with Crippen LogP contribution in [0.4, 0.5) is 0 Å². The number of nitrogens with zero attached hydrogens (tertiary/aromatic N) is 2. The van der Waals surface area contributed by atoms with Crippen LogP contribution in [0.1, 0.15) is 37.6 Å². The summed E-state index contributed by atoms with van der Waals surface area (Å²) in [6.07, 6.45) is 0.517. The van der Waals surface area contributed by atoms with Crippen molar-refractivity contribution in [1.82, 2.24) is 10.1 Å². The Morgan fingerprint density at radius 2 is 2.00 bits per heavy atom. The van der Waals surface area contributed by atoms with Crippen LogP contribution in [0.3, 0.4) is 0 Å². The zero-order chi connectivity index (χ0) is 16.0. The van der Waals surface area contributed by atoms with Gasteiger partial charge in [-0.3, -0.25) is 0 Å². The van der Waals surface area contributed by atoms with E-state index in [0.717, 1.165) is 11.1 Å². The molecule has 0 aliphatic carbocycles. The van der Waals surface area contributed by atoms with Crippen molar-refractivity contribution in [3.63, 3.8) is 0 Å². The van der Waals surface area contributed by atoms with Gasteiger partial charge in [0.05, 0.1) is 16.4 Å². The zero-order valence-electron chi connectivity index (χ0n) is 12.6. The lowest BCUT2D eigenvalue weighted by atomic mass is 9.93. The van der Waals surface area contributed by atoms with Gasteiger partial charge >= 0.3 is 0 Å². The normalized spacial score (nSPS) is 22.8. The van der Waals surface area contributed by atoms with Gasteiger partial charge in [0, 0.05) is 12.1 Å². The van der Waals surface area contributed by atoms with E-state index in [-0.39, 0.29) is 11.7 Å². The van der Waals surface area contributed by atoms with Gasteiger partial charge in [-0.25, -0.2) is 8.42 Å². The molecule has 1 aromatic heterocycles. The Bertz CT molecular complexity index is 779. The molecule has 1 aliphatic rings. The van der Waals surface area contributed by atoms with Crippen molar-refractivity contribution in [3.05, 3.63) is 35.7 Å². The molecule has 2 N–H and O–H groups in total. The molecule has 1 aliphatic heterocycles. The molecule has 1 aromatic carbocycles. The molecule has 118 valence electrons. The predicted molar refractivity (Wildman–Crippen MR) is 82.8 cm³/mol. The molecule has 3 rings (SSSR count). The van der Waals surface area contributed by atoms with Gasteiger partial charge in [0.1, 0.15) is 0 Å². The second-order valence-electron chi connectivity index (χ2n) is 6.12. The first-order valence-electron chi connectivity index (χ1n) is 7.20. The van der Waals surface area contributed by atoms with E-state index in [1.165, 1.54) is 0 Å². The predicted octanol–water partition coefficient (Wildman–Crippen LogP) is 1.88. The molecule has 7 heteroatoms. The van der Waals surface area contributed by atoms with E-state index in [1.54, 1.807) is 13.8 Å². The Hall–Kier alpha value is -1.73. The van der Waals surface area contributed by atoms with Crippen molar-refractivity contribution in [1.29, 1.82) is 0 Å². The summed E-state index contributed by atoms with van der Waals surface area (Å²) >= 11 is 0. The topological polar surface area (TPSA) is 99.1 Å². The van der Waals surface area contributed by atoms with Crippen molar-refractivity contribution in [3.8, 4) is 11.4 Å². The van der Waals surface area contributed by atoms with Gasteiger partial charge in [-0.1, -0.05) is 29.4 Å². The van der Waals surface area contributed by atoms with Crippen molar-refractivity contribution in [2.45, 2.75) is 37.5 Å². The maximum atomic E-state index is 12.1. The van der Waals surface area contributed by atoms with Crippen molar-refractivity contribution in [2.75, 3.05) is 5.75 Å². The zero-order valence-corrected chi connectivity index (χ0v) is 13.4. The summed E-state index contributed by atoms with van der Waals surface area (Å²) in [6, 6.07) is 7.59. The molecule has 1 fully saturated rings. The molecule has 0 saturated carbocycles. The van der Waals surface area contributed by atoms with Crippen molar-refractivity contribution < 1.29 is 12.9 Å². The summed E-state index contributed by atoms with van der Waals surface area (Å²) in [5, 5.41) is 3.99. The van der Waals surface area contributed by atoms with Crippen molar-refractivity contribution >= 4 is 9.84 Å². The van der Waals surface area contributed by atoms with E-state index < -0.39 is 14.6 Å². The monoisotopic (exact) mass is 321 g/mol. The van der Waals surface area contributed by atoms with Crippen LogP contribution in [0.2, 0.25) is 0 Å². The minimum Gasteiger partial charge on any atom is -0.339 e. The Balaban J connectivity index is 1.91. The van der Waals surface area contributed by atoms with Crippen LogP contribution >= 0.6 is 0 Å². The lowest BCUT2D eigenvalue weighted by Crippen LogP contribution is -2.32. The third-order valence-electron chi connectivity index (χ3n) is 4.50. The standard InChI is InChI=1S/C15H19N3O3S/c1-15(2)12(7-8-22(15,19)20)14-17-13(18-21-14)11-5-3-10(9-16)4-6-11/h3-6,12H,7-9,16H2,1-2H3. The highest BCUT2D eigenvalue weighted by Crippen LogP contribution is 2.43. The fourth-order valence-corrected chi connectivity index (χ4v) is 4.53. The second-order valence-corrected chi connectivity index (χ2v) is 8.81. The van der Waals surface area contributed by atoms with Crippen LogP contribution in [-0.4, -0.2) is 29.1 Å². The van der Waals surface area contributed by atoms with Crippen LogP contribution in [0.5, 0.6) is 0 Å². The Labute approximate surface area is 129 Å². The average Bonchev–Trinajstić information content (AvgIpc) is 3.03. The summed E-state index contributed by atoms with van der Waals surface area (Å²) in [5.41, 5.74) is 7.42. The first-order valence-corrected chi connectivity index (χ1v) is 8.85. The molecule has 0 amide bonds. The van der Waals surface area contributed by atoms with Crippen LogP contribution in [0.15, 0.2) is 28.8 Å². The first-order chi connectivity index (χ1) is 10.3. The van der Waals surface area contributed by atoms with Crippen LogP contribution in [0, 0.1) is 0 Å². The molecule has 6 nitrogen and oxygen atoms in total. The van der Waals surface area contributed by atoms with Gasteiger partial charge in [-0.05, 0) is 25.8 Å². The number of nitrogens with two attached hydrogens (primary N) is 1. The molecule has 22 heavy (non-hydrogen) atoms. The fourth-order valence-electron chi connectivity index (χ4n) is 2.81. The van der Waals surface area contributed by atoms with E-state index in [0.29, 0.717) is 24.7 Å². The van der Waals surface area contributed by atoms with Crippen LogP contribution < -0.4 is 5.73 Å². The minimum absolute atomic E-state index is 0.160. The van der Waals surface area contributed by atoms with E-state index in [9.17, 15) is 8.42 Å². The summed E-state index contributed by atoms with van der Waals surface area (Å²) < 4.78 is 28.7. The molecule has 2 aromatic rings. The largest absolute Gasteiger partial charge is 0.339 e. The number of hydrogen-bond acceptors (Lipinski definition) is 6. The van der Waals surface area contributed by atoms with Crippen LogP contribution in [-0.2, 0) is 16.4 Å². The Kier molecular flexibility index (Phi) is 3.57. The summed E-state index contributed by atoms with van der Waals surface area (Å²) in [4.78, 5) is 4.41. The number of aromatic nitrogens is 2. The maximum absolute atomic E-state index is 12.1. The van der Waals surface area contributed by atoms with Gasteiger partial charge in [0.15, 0.2) is 9.84 Å². The maximum Gasteiger partial charge on any atom is 0.231 e. The minimum atomic E-state index is -3.13. The van der Waals surface area contributed by atoms with E-state index in [1.807, 2.05) is 24.3 Å². The highest BCUT2D eigenvalue weighted by molar-refractivity contribution is 7.93. The van der Waals surface area contributed by atoms with Gasteiger partial charge in [0.2, 0.25) is 11.7 Å². The molecule has 1 saturated heterocycles. The van der Waals surface area contributed by atoms with Gasteiger partial charge < -0.3 is 10.3 Å². The highest BCUT2D eigenvalue weighted by Gasteiger charge is 2.50. The first kappa shape index (κ1) is 15.2.